The Morgan fingerprint density at radius 1 is 1.00 bits per heavy atom. The van der Waals surface area contributed by atoms with E-state index in [0.29, 0.717) is 30.2 Å². The predicted molar refractivity (Wildman–Crippen MR) is 123 cm³/mol. The van der Waals surface area contributed by atoms with Gasteiger partial charge in [-0.1, -0.05) is 72.0 Å². The second-order valence-corrected chi connectivity index (χ2v) is 8.70. The van der Waals surface area contributed by atoms with E-state index >= 15 is 0 Å². The van der Waals surface area contributed by atoms with E-state index in [-0.39, 0.29) is 17.7 Å². The van der Waals surface area contributed by atoms with Crippen molar-refractivity contribution in [1.29, 1.82) is 0 Å². The molecule has 0 fully saturated rings. The molecule has 0 aliphatic carbocycles. The smallest absolute Gasteiger partial charge is 0.260 e. The Morgan fingerprint density at radius 3 is 2.31 bits per heavy atom. The molecule has 0 spiro atoms. The van der Waals surface area contributed by atoms with E-state index in [0.717, 1.165) is 21.7 Å². The van der Waals surface area contributed by atoms with Crippen LogP contribution in [0.15, 0.2) is 83.7 Å². The van der Waals surface area contributed by atoms with Crippen molar-refractivity contribution in [3.8, 4) is 0 Å². The Hall–Kier alpha value is -3.71. The van der Waals surface area contributed by atoms with Gasteiger partial charge in [-0.25, -0.2) is 4.98 Å². The van der Waals surface area contributed by atoms with Crippen molar-refractivity contribution >= 4 is 28.3 Å². The normalized spacial score (nSPS) is 13.1. The summed E-state index contributed by atoms with van der Waals surface area (Å²) < 4.78 is 4.97. The number of rotatable bonds is 5. The molecule has 2 aromatic carbocycles. The van der Waals surface area contributed by atoms with Crippen LogP contribution in [0.1, 0.15) is 38.0 Å². The summed E-state index contributed by atoms with van der Waals surface area (Å²) in [6.45, 7) is 1.09. The first-order valence-electron chi connectivity index (χ1n) is 10.4. The molecular weight excluding hydrogens is 422 g/mol. The monoisotopic (exact) mass is 443 g/mol. The van der Waals surface area contributed by atoms with Crippen molar-refractivity contribution in [1.82, 2.24) is 9.88 Å². The molecular formula is C25H21N3O3S. The van der Waals surface area contributed by atoms with E-state index in [1.165, 1.54) is 23.9 Å². The zero-order chi connectivity index (χ0) is 21.9. The fourth-order valence-corrected chi connectivity index (χ4v) is 4.97. The average Bonchev–Trinajstić information content (AvgIpc) is 3.50. The van der Waals surface area contributed by atoms with Gasteiger partial charge in [-0.2, -0.15) is 0 Å². The minimum absolute atomic E-state index is 0.0745. The van der Waals surface area contributed by atoms with Crippen LogP contribution in [0.5, 0.6) is 0 Å². The lowest BCUT2D eigenvalue weighted by Crippen LogP contribution is -2.39. The van der Waals surface area contributed by atoms with Crippen LogP contribution in [-0.2, 0) is 17.8 Å². The van der Waals surface area contributed by atoms with Gasteiger partial charge in [0.1, 0.15) is 6.26 Å². The van der Waals surface area contributed by atoms with Gasteiger partial charge in [0.15, 0.2) is 5.13 Å². The van der Waals surface area contributed by atoms with E-state index < -0.39 is 0 Å². The number of benzene rings is 2. The Balaban J connectivity index is 1.36. The van der Waals surface area contributed by atoms with Crippen LogP contribution < -0.4 is 5.32 Å². The second kappa shape index (κ2) is 8.80. The van der Waals surface area contributed by atoms with Crippen molar-refractivity contribution in [2.75, 3.05) is 11.9 Å². The molecule has 32 heavy (non-hydrogen) atoms. The summed E-state index contributed by atoms with van der Waals surface area (Å²) in [6, 6.07) is 21.4. The summed E-state index contributed by atoms with van der Waals surface area (Å²) in [5.41, 5.74) is 3.35. The molecule has 7 heteroatoms. The molecule has 160 valence electrons. The maximum Gasteiger partial charge on any atom is 0.260 e. The Labute approximate surface area is 189 Å². The van der Waals surface area contributed by atoms with Gasteiger partial charge in [-0.3, -0.25) is 14.9 Å². The summed E-state index contributed by atoms with van der Waals surface area (Å²) in [4.78, 5) is 33.4. The van der Waals surface area contributed by atoms with Gasteiger partial charge < -0.3 is 9.32 Å². The van der Waals surface area contributed by atoms with Gasteiger partial charge in [0.25, 0.3) is 5.91 Å². The molecule has 1 aliphatic rings. The van der Waals surface area contributed by atoms with Gasteiger partial charge in [0, 0.05) is 17.8 Å². The summed E-state index contributed by atoms with van der Waals surface area (Å²) in [5, 5.41) is 3.37. The molecule has 0 radical (unpaired) electrons. The summed E-state index contributed by atoms with van der Waals surface area (Å²) in [6.07, 6.45) is 3.52. The molecule has 0 atom stereocenters. The van der Waals surface area contributed by atoms with Crippen LogP contribution in [-0.4, -0.2) is 28.2 Å². The Bertz CT molecular complexity index is 1180. The molecule has 0 unspecified atom stereocenters. The first-order valence-corrected chi connectivity index (χ1v) is 11.2. The summed E-state index contributed by atoms with van der Waals surface area (Å²) >= 11 is 1.42. The molecule has 3 heterocycles. The molecule has 2 amide bonds. The SMILES string of the molecule is O=C(Nc1nc2c(s1)CN(C(=O)C(c1ccccc1)c1ccccc1)CC2)c1ccoc1. The van der Waals surface area contributed by atoms with Gasteiger partial charge >= 0.3 is 0 Å². The maximum absolute atomic E-state index is 13.7. The third-order valence-corrected chi connectivity index (χ3v) is 6.56. The molecule has 5 rings (SSSR count). The number of hydrogen-bond donors (Lipinski definition) is 1. The van der Waals surface area contributed by atoms with E-state index in [2.05, 4.69) is 10.3 Å². The number of fused-ring (bicyclic) bond motifs is 1. The lowest BCUT2D eigenvalue weighted by atomic mass is 9.89. The third kappa shape index (κ3) is 4.07. The fraction of sp³-hybridized carbons (Fsp3) is 0.160. The highest BCUT2D eigenvalue weighted by atomic mass is 32.1. The number of furan rings is 1. The first kappa shape index (κ1) is 20.2. The number of carbonyl (C=O) groups is 2. The number of nitrogens with zero attached hydrogens (tertiary/aromatic N) is 2. The molecule has 1 N–H and O–H groups in total. The minimum atomic E-state index is -0.355. The number of aromatic nitrogens is 1. The standard InChI is InChI=1S/C25H21N3O3S/c29-23(19-12-14-31-16-19)27-25-26-20-11-13-28(15-21(20)32-25)24(30)22(17-7-3-1-4-8-17)18-9-5-2-6-10-18/h1-10,12,14,16,22H,11,13,15H2,(H,26,27,29). The number of hydrogen-bond acceptors (Lipinski definition) is 5. The number of anilines is 1. The topological polar surface area (TPSA) is 75.4 Å². The molecule has 0 bridgehead atoms. The lowest BCUT2D eigenvalue weighted by molar-refractivity contribution is -0.132. The molecule has 0 saturated carbocycles. The number of carbonyl (C=O) groups excluding carboxylic acids is 2. The van der Waals surface area contributed by atoms with Crippen molar-refractivity contribution < 1.29 is 14.0 Å². The molecule has 0 saturated heterocycles. The third-order valence-electron chi connectivity index (χ3n) is 5.56. The van der Waals surface area contributed by atoms with Gasteiger partial charge in [-0.05, 0) is 17.2 Å². The average molecular weight is 444 g/mol. The Morgan fingerprint density at radius 2 is 1.69 bits per heavy atom. The van der Waals surface area contributed by atoms with Crippen molar-refractivity contribution in [3.63, 3.8) is 0 Å². The molecule has 4 aromatic rings. The number of thiazole rings is 1. The maximum atomic E-state index is 13.7. The Kier molecular flexibility index (Phi) is 5.56. The highest BCUT2D eigenvalue weighted by molar-refractivity contribution is 7.15. The number of amides is 2. The van der Waals surface area contributed by atoms with Crippen molar-refractivity contribution in [2.45, 2.75) is 18.9 Å². The molecule has 6 nitrogen and oxygen atoms in total. The van der Waals surface area contributed by atoms with Crippen LogP contribution >= 0.6 is 11.3 Å². The quantitative estimate of drug-likeness (QED) is 0.485. The van der Waals surface area contributed by atoms with E-state index in [1.54, 1.807) is 6.07 Å². The van der Waals surface area contributed by atoms with Crippen molar-refractivity contribution in [2.24, 2.45) is 0 Å². The largest absolute Gasteiger partial charge is 0.472 e. The van der Waals surface area contributed by atoms with Gasteiger partial charge in [-0.15, -0.1) is 0 Å². The predicted octanol–water partition coefficient (Wildman–Crippen LogP) is 4.71. The van der Waals surface area contributed by atoms with Crippen LogP contribution in [0.25, 0.3) is 0 Å². The van der Waals surface area contributed by atoms with E-state index in [4.69, 9.17) is 4.42 Å². The van der Waals surface area contributed by atoms with Crippen LogP contribution in [0, 0.1) is 0 Å². The first-order chi connectivity index (χ1) is 15.7. The fourth-order valence-electron chi connectivity index (χ4n) is 3.95. The van der Waals surface area contributed by atoms with E-state index in [1.807, 2.05) is 65.6 Å². The summed E-state index contributed by atoms with van der Waals surface area (Å²) in [5.74, 6) is -0.538. The van der Waals surface area contributed by atoms with Gasteiger partial charge in [0.05, 0.1) is 30.0 Å². The zero-order valence-corrected chi connectivity index (χ0v) is 18.0. The number of nitrogens with one attached hydrogen (secondary N) is 1. The van der Waals surface area contributed by atoms with Crippen LogP contribution in [0.2, 0.25) is 0 Å². The molecule has 1 aliphatic heterocycles. The summed E-state index contributed by atoms with van der Waals surface area (Å²) in [7, 11) is 0. The highest BCUT2D eigenvalue weighted by Gasteiger charge is 2.31. The lowest BCUT2D eigenvalue weighted by Gasteiger charge is -2.30. The van der Waals surface area contributed by atoms with Crippen LogP contribution in [0.4, 0.5) is 5.13 Å². The van der Waals surface area contributed by atoms with Crippen molar-refractivity contribution in [3.05, 3.63) is 107 Å². The zero-order valence-electron chi connectivity index (χ0n) is 17.2. The van der Waals surface area contributed by atoms with Crippen LogP contribution in [0.3, 0.4) is 0 Å². The second-order valence-electron chi connectivity index (χ2n) is 7.62. The highest BCUT2D eigenvalue weighted by Crippen LogP contribution is 2.32. The minimum Gasteiger partial charge on any atom is -0.472 e. The van der Waals surface area contributed by atoms with E-state index in [9.17, 15) is 9.59 Å². The molecule has 2 aromatic heterocycles. The van der Waals surface area contributed by atoms with Gasteiger partial charge in [0.2, 0.25) is 5.91 Å².